The van der Waals surface area contributed by atoms with Gasteiger partial charge >= 0.3 is 0 Å². The molecule has 1 aromatic carbocycles. The molecule has 1 rings (SSSR count). The quantitative estimate of drug-likeness (QED) is 0.774. The average Bonchev–Trinajstić information content (AvgIpc) is 2.12. The smallest absolute Gasteiger partial charge is 0.232 e. The van der Waals surface area contributed by atoms with Crippen molar-refractivity contribution >= 4 is 15.7 Å². The molecular formula is C10H15NO3S. The number of hydrogen-bond donors (Lipinski definition) is 2. The molecule has 0 heterocycles. The Morgan fingerprint density at radius 2 is 2.07 bits per heavy atom. The van der Waals surface area contributed by atoms with Crippen molar-refractivity contribution < 1.29 is 13.5 Å². The van der Waals surface area contributed by atoms with Gasteiger partial charge in [0.1, 0.15) is 5.75 Å². The Labute approximate surface area is 90.0 Å². The predicted octanol–water partition coefficient (Wildman–Crippen LogP) is 1.85. The average molecular weight is 229 g/mol. The van der Waals surface area contributed by atoms with Crippen LogP contribution in [0.15, 0.2) is 18.2 Å². The zero-order valence-corrected chi connectivity index (χ0v) is 9.63. The van der Waals surface area contributed by atoms with Gasteiger partial charge in [0, 0.05) is 0 Å². The van der Waals surface area contributed by atoms with Crippen LogP contribution >= 0.6 is 0 Å². The second-order valence-electron chi connectivity index (χ2n) is 3.39. The summed E-state index contributed by atoms with van der Waals surface area (Å²) in [6.45, 7) is 3.50. The van der Waals surface area contributed by atoms with E-state index in [0.29, 0.717) is 12.0 Å². The molecule has 1 aromatic rings. The Morgan fingerprint density at radius 1 is 1.40 bits per heavy atom. The van der Waals surface area contributed by atoms with E-state index < -0.39 is 10.0 Å². The van der Waals surface area contributed by atoms with Gasteiger partial charge in [0.25, 0.3) is 0 Å². The number of sulfonamides is 1. The van der Waals surface area contributed by atoms with Crippen LogP contribution in [-0.2, 0) is 10.0 Å². The van der Waals surface area contributed by atoms with E-state index in [9.17, 15) is 13.5 Å². The zero-order valence-electron chi connectivity index (χ0n) is 8.82. The van der Waals surface area contributed by atoms with Crippen LogP contribution in [0.5, 0.6) is 5.75 Å². The Kier molecular flexibility index (Phi) is 3.57. The van der Waals surface area contributed by atoms with Gasteiger partial charge in [0.2, 0.25) is 10.0 Å². The van der Waals surface area contributed by atoms with Crippen LogP contribution in [0, 0.1) is 6.92 Å². The highest BCUT2D eigenvalue weighted by Crippen LogP contribution is 2.27. The number of aromatic hydroxyl groups is 1. The number of nitrogens with one attached hydrogen (secondary N) is 1. The minimum atomic E-state index is -3.33. The van der Waals surface area contributed by atoms with Crippen molar-refractivity contribution in [1.82, 2.24) is 0 Å². The number of anilines is 1. The molecule has 15 heavy (non-hydrogen) atoms. The van der Waals surface area contributed by atoms with E-state index in [1.807, 2.05) is 0 Å². The molecule has 0 fully saturated rings. The van der Waals surface area contributed by atoms with Gasteiger partial charge < -0.3 is 5.11 Å². The van der Waals surface area contributed by atoms with E-state index in [1.54, 1.807) is 26.0 Å². The first-order chi connectivity index (χ1) is 6.96. The predicted molar refractivity (Wildman–Crippen MR) is 60.5 cm³/mol. The van der Waals surface area contributed by atoms with Crippen LogP contribution in [0.25, 0.3) is 0 Å². The molecule has 4 nitrogen and oxygen atoms in total. The van der Waals surface area contributed by atoms with E-state index in [4.69, 9.17) is 0 Å². The molecule has 0 unspecified atom stereocenters. The molecule has 0 saturated heterocycles. The number of hydrogen-bond acceptors (Lipinski definition) is 3. The van der Waals surface area contributed by atoms with Crippen molar-refractivity contribution in [1.29, 1.82) is 0 Å². The Balaban J connectivity index is 2.95. The lowest BCUT2D eigenvalue weighted by Gasteiger charge is -2.09. The van der Waals surface area contributed by atoms with E-state index in [0.717, 1.165) is 0 Å². The molecule has 5 heteroatoms. The Bertz CT molecular complexity index is 440. The number of para-hydroxylation sites is 1. The third kappa shape index (κ3) is 3.13. The molecular weight excluding hydrogens is 214 g/mol. The van der Waals surface area contributed by atoms with Crippen molar-refractivity contribution in [3.8, 4) is 5.75 Å². The van der Waals surface area contributed by atoms with Gasteiger partial charge in [0.05, 0.1) is 11.4 Å². The summed E-state index contributed by atoms with van der Waals surface area (Å²) in [5.74, 6) is 0.0394. The molecule has 0 saturated carbocycles. The zero-order chi connectivity index (χ0) is 11.5. The Morgan fingerprint density at radius 3 is 2.67 bits per heavy atom. The molecule has 0 aliphatic carbocycles. The molecule has 0 aromatic heterocycles. The largest absolute Gasteiger partial charge is 0.505 e. The van der Waals surface area contributed by atoms with E-state index in [1.165, 1.54) is 6.07 Å². The van der Waals surface area contributed by atoms with Gasteiger partial charge in [0.15, 0.2) is 0 Å². The first-order valence-corrected chi connectivity index (χ1v) is 6.40. The third-order valence-electron chi connectivity index (χ3n) is 1.98. The first kappa shape index (κ1) is 11.8. The van der Waals surface area contributed by atoms with Crippen LogP contribution in [-0.4, -0.2) is 19.3 Å². The molecule has 0 spiro atoms. The molecule has 0 amide bonds. The van der Waals surface area contributed by atoms with Gasteiger partial charge in [-0.15, -0.1) is 0 Å². The van der Waals surface area contributed by atoms with Crippen LogP contribution in [0.4, 0.5) is 5.69 Å². The fourth-order valence-electron chi connectivity index (χ4n) is 1.23. The fraction of sp³-hybridized carbons (Fsp3) is 0.400. The van der Waals surface area contributed by atoms with Crippen molar-refractivity contribution in [2.75, 3.05) is 10.5 Å². The van der Waals surface area contributed by atoms with Gasteiger partial charge in [-0.05, 0) is 25.0 Å². The van der Waals surface area contributed by atoms with E-state index in [2.05, 4.69) is 4.72 Å². The van der Waals surface area contributed by atoms with Crippen molar-refractivity contribution in [3.63, 3.8) is 0 Å². The lowest BCUT2D eigenvalue weighted by Crippen LogP contribution is -2.16. The molecule has 84 valence electrons. The van der Waals surface area contributed by atoms with Crippen molar-refractivity contribution in [2.24, 2.45) is 0 Å². The monoisotopic (exact) mass is 229 g/mol. The summed E-state index contributed by atoms with van der Waals surface area (Å²) >= 11 is 0. The van der Waals surface area contributed by atoms with Crippen LogP contribution in [0.1, 0.15) is 18.9 Å². The summed E-state index contributed by atoms with van der Waals surface area (Å²) in [6, 6.07) is 4.95. The van der Waals surface area contributed by atoms with Gasteiger partial charge in [-0.1, -0.05) is 19.1 Å². The maximum Gasteiger partial charge on any atom is 0.232 e. The van der Waals surface area contributed by atoms with Gasteiger partial charge in [-0.3, -0.25) is 4.72 Å². The highest BCUT2D eigenvalue weighted by molar-refractivity contribution is 7.92. The second-order valence-corrected chi connectivity index (χ2v) is 5.23. The SMILES string of the molecule is CCCS(=O)(=O)Nc1cccc(C)c1O. The van der Waals surface area contributed by atoms with Crippen LogP contribution < -0.4 is 4.72 Å². The summed E-state index contributed by atoms with van der Waals surface area (Å²) < 4.78 is 25.2. The lowest BCUT2D eigenvalue weighted by molar-refractivity contribution is 0.473. The summed E-state index contributed by atoms with van der Waals surface area (Å²) in [6.07, 6.45) is 0.544. The Hall–Kier alpha value is -1.23. The molecule has 2 N–H and O–H groups in total. The second kappa shape index (κ2) is 4.53. The van der Waals surface area contributed by atoms with Crippen molar-refractivity contribution in [2.45, 2.75) is 20.3 Å². The number of aryl methyl sites for hydroxylation is 1. The number of phenolic OH excluding ortho intramolecular Hbond substituents is 1. The van der Waals surface area contributed by atoms with Crippen LogP contribution in [0.3, 0.4) is 0 Å². The van der Waals surface area contributed by atoms with E-state index >= 15 is 0 Å². The topological polar surface area (TPSA) is 66.4 Å². The lowest BCUT2D eigenvalue weighted by atomic mass is 10.2. The number of rotatable bonds is 4. The fourth-order valence-corrected chi connectivity index (χ4v) is 2.37. The highest BCUT2D eigenvalue weighted by Gasteiger charge is 2.12. The molecule has 0 bridgehead atoms. The van der Waals surface area contributed by atoms with Crippen LogP contribution in [0.2, 0.25) is 0 Å². The molecule has 0 aliphatic rings. The third-order valence-corrected chi connectivity index (χ3v) is 3.45. The maximum atomic E-state index is 11.4. The minimum Gasteiger partial charge on any atom is -0.505 e. The first-order valence-electron chi connectivity index (χ1n) is 4.75. The number of benzene rings is 1. The number of phenols is 1. The molecule has 0 aliphatic heterocycles. The van der Waals surface area contributed by atoms with Crippen molar-refractivity contribution in [3.05, 3.63) is 23.8 Å². The molecule has 0 radical (unpaired) electrons. The minimum absolute atomic E-state index is 0.0165. The van der Waals surface area contributed by atoms with Gasteiger partial charge in [-0.25, -0.2) is 8.42 Å². The normalized spacial score (nSPS) is 11.3. The summed E-state index contributed by atoms with van der Waals surface area (Å²) in [7, 11) is -3.33. The summed E-state index contributed by atoms with van der Waals surface area (Å²) in [4.78, 5) is 0. The molecule has 0 atom stereocenters. The van der Waals surface area contributed by atoms with Gasteiger partial charge in [-0.2, -0.15) is 0 Å². The van der Waals surface area contributed by atoms with E-state index in [-0.39, 0.29) is 17.2 Å². The summed E-state index contributed by atoms with van der Waals surface area (Å²) in [5.41, 5.74) is 0.884. The standard InChI is InChI=1S/C10H15NO3S/c1-3-7-15(13,14)11-9-6-4-5-8(2)10(9)12/h4-6,11-12H,3,7H2,1-2H3. The summed E-state index contributed by atoms with van der Waals surface area (Å²) in [5, 5.41) is 9.60. The highest BCUT2D eigenvalue weighted by atomic mass is 32.2. The maximum absolute atomic E-state index is 11.4.